The molecule has 0 saturated carbocycles. The Bertz CT molecular complexity index is 585. The van der Waals surface area contributed by atoms with Gasteiger partial charge in [-0.1, -0.05) is 11.8 Å². The van der Waals surface area contributed by atoms with Crippen LogP contribution in [0.4, 0.5) is 18.9 Å². The Morgan fingerprint density at radius 2 is 2.05 bits per heavy atom. The molecule has 0 aliphatic heterocycles. The molecule has 2 N–H and O–H groups in total. The number of rotatable bonds is 2. The molecule has 0 unspecified atom stereocenters. The molecule has 0 aromatic heterocycles. The minimum atomic E-state index is -4.69. The number of nitro groups is 1. The third-order valence-corrected chi connectivity index (χ3v) is 2.01. The molecular weight excluding hydrogens is 265 g/mol. The van der Waals surface area contributed by atoms with Crippen molar-refractivity contribution in [2.45, 2.75) is 12.6 Å². The number of halogens is 3. The first-order valence-electron chi connectivity index (χ1n) is 4.84. The van der Waals surface area contributed by atoms with Crippen molar-refractivity contribution in [1.29, 1.82) is 0 Å². The molecule has 8 heteroatoms. The van der Waals surface area contributed by atoms with Crippen molar-refractivity contribution in [1.82, 2.24) is 0 Å². The zero-order valence-corrected chi connectivity index (χ0v) is 9.32. The molecule has 0 aliphatic rings. The number of carbonyl (C=O) groups is 1. The number of carbonyl (C=O) groups excluding carboxylic acids is 1. The number of alkyl halides is 3. The van der Waals surface area contributed by atoms with E-state index in [1.165, 1.54) is 0 Å². The Morgan fingerprint density at radius 3 is 2.53 bits per heavy atom. The number of nitrogens with two attached hydrogens (primary N) is 1. The lowest BCUT2D eigenvalue weighted by atomic mass is 10.1. The van der Waals surface area contributed by atoms with Gasteiger partial charge in [0, 0.05) is 17.7 Å². The summed E-state index contributed by atoms with van der Waals surface area (Å²) in [6.45, 7) is 0. The Balaban J connectivity index is 3.29. The highest BCUT2D eigenvalue weighted by molar-refractivity contribution is 5.76. The summed E-state index contributed by atoms with van der Waals surface area (Å²) in [5.41, 5.74) is 2.60. The van der Waals surface area contributed by atoms with E-state index in [0.717, 1.165) is 6.07 Å². The first-order valence-corrected chi connectivity index (χ1v) is 4.84. The molecule has 0 radical (unpaired) electrons. The second kappa shape index (κ2) is 5.39. The van der Waals surface area contributed by atoms with Crippen LogP contribution >= 0.6 is 0 Å². The lowest BCUT2D eigenvalue weighted by molar-refractivity contribution is -0.384. The largest absolute Gasteiger partial charge is 0.417 e. The van der Waals surface area contributed by atoms with Crippen LogP contribution in [-0.2, 0) is 11.0 Å². The van der Waals surface area contributed by atoms with Crippen LogP contribution in [0.5, 0.6) is 0 Å². The van der Waals surface area contributed by atoms with Crippen molar-refractivity contribution in [2.75, 3.05) is 0 Å². The highest BCUT2D eigenvalue weighted by Gasteiger charge is 2.33. The van der Waals surface area contributed by atoms with Gasteiger partial charge in [0.05, 0.1) is 16.9 Å². The summed E-state index contributed by atoms with van der Waals surface area (Å²) in [5.74, 6) is 3.40. The van der Waals surface area contributed by atoms with E-state index in [0.29, 0.717) is 12.1 Å². The van der Waals surface area contributed by atoms with E-state index in [1.807, 2.05) is 0 Å². The molecule has 0 spiro atoms. The van der Waals surface area contributed by atoms with Crippen molar-refractivity contribution >= 4 is 11.6 Å². The van der Waals surface area contributed by atoms with Gasteiger partial charge < -0.3 is 5.73 Å². The van der Waals surface area contributed by atoms with E-state index in [1.54, 1.807) is 0 Å². The Labute approximate surface area is 105 Å². The molecule has 0 saturated heterocycles. The number of hydrogen-bond donors (Lipinski definition) is 1. The van der Waals surface area contributed by atoms with Gasteiger partial charge in [0.15, 0.2) is 0 Å². The lowest BCUT2D eigenvalue weighted by Crippen LogP contribution is -2.09. The van der Waals surface area contributed by atoms with Crippen molar-refractivity contribution in [3.8, 4) is 11.8 Å². The molecule has 1 aromatic rings. The fourth-order valence-corrected chi connectivity index (χ4v) is 1.22. The summed E-state index contributed by atoms with van der Waals surface area (Å²) < 4.78 is 37.9. The van der Waals surface area contributed by atoms with Gasteiger partial charge in [-0.3, -0.25) is 14.9 Å². The summed E-state index contributed by atoms with van der Waals surface area (Å²) in [5, 5.41) is 10.5. The van der Waals surface area contributed by atoms with E-state index < -0.39 is 40.2 Å². The molecule has 100 valence electrons. The first-order chi connectivity index (χ1) is 8.71. The van der Waals surface area contributed by atoms with Crippen LogP contribution in [0.25, 0.3) is 0 Å². The average molecular weight is 272 g/mol. The molecule has 0 heterocycles. The minimum Gasteiger partial charge on any atom is -0.369 e. The highest BCUT2D eigenvalue weighted by atomic mass is 19.4. The molecule has 1 amide bonds. The summed E-state index contributed by atoms with van der Waals surface area (Å²) in [6.07, 6.45) is -5.12. The Morgan fingerprint density at radius 1 is 1.42 bits per heavy atom. The molecule has 1 rings (SSSR count). The van der Waals surface area contributed by atoms with Crippen LogP contribution in [0, 0.1) is 22.0 Å². The molecule has 19 heavy (non-hydrogen) atoms. The van der Waals surface area contributed by atoms with Gasteiger partial charge in [0.25, 0.3) is 5.69 Å². The van der Waals surface area contributed by atoms with Crippen molar-refractivity contribution < 1.29 is 22.9 Å². The number of benzene rings is 1. The molecule has 0 aliphatic carbocycles. The number of primary amides is 1. The number of hydrogen-bond acceptors (Lipinski definition) is 3. The van der Waals surface area contributed by atoms with Crippen LogP contribution in [-0.4, -0.2) is 10.8 Å². The van der Waals surface area contributed by atoms with Crippen LogP contribution in [0.3, 0.4) is 0 Å². The number of non-ortho nitro benzene ring substituents is 1. The maximum Gasteiger partial charge on any atom is 0.417 e. The third kappa shape index (κ3) is 3.99. The summed E-state index contributed by atoms with van der Waals surface area (Å²) in [6, 6.07) is 2.02. The SMILES string of the molecule is NC(=O)CC#Cc1cc([N+](=O)[O-])ccc1C(F)(F)F. The summed E-state index contributed by atoms with van der Waals surface area (Å²) >= 11 is 0. The smallest absolute Gasteiger partial charge is 0.369 e. The van der Waals surface area contributed by atoms with Gasteiger partial charge in [-0.15, -0.1) is 0 Å². The molecule has 5 nitrogen and oxygen atoms in total. The number of nitro benzene ring substituents is 1. The normalized spacial score (nSPS) is 10.5. The Hall–Kier alpha value is -2.56. The molecule has 1 aromatic carbocycles. The average Bonchev–Trinajstić information content (AvgIpc) is 2.26. The lowest BCUT2D eigenvalue weighted by Gasteiger charge is -2.08. The van der Waals surface area contributed by atoms with Crippen LogP contribution in [0.1, 0.15) is 17.5 Å². The zero-order valence-electron chi connectivity index (χ0n) is 9.32. The fourth-order valence-electron chi connectivity index (χ4n) is 1.22. The second-order valence-corrected chi connectivity index (χ2v) is 3.43. The summed E-state index contributed by atoms with van der Waals surface area (Å²) in [7, 11) is 0. The monoisotopic (exact) mass is 272 g/mol. The third-order valence-electron chi connectivity index (χ3n) is 2.01. The van der Waals surface area contributed by atoms with E-state index in [-0.39, 0.29) is 0 Å². The van der Waals surface area contributed by atoms with Gasteiger partial charge in [0.1, 0.15) is 0 Å². The molecule has 0 bridgehead atoms. The van der Waals surface area contributed by atoms with Crippen LogP contribution in [0.2, 0.25) is 0 Å². The van der Waals surface area contributed by atoms with Crippen LogP contribution in [0.15, 0.2) is 18.2 Å². The van der Waals surface area contributed by atoms with Crippen molar-refractivity contribution in [3.05, 3.63) is 39.4 Å². The minimum absolute atomic E-state index is 0.431. The van der Waals surface area contributed by atoms with Gasteiger partial charge >= 0.3 is 6.18 Å². The quantitative estimate of drug-likeness (QED) is 0.506. The standard InChI is InChI=1S/C11H7F3N2O3/c12-11(13,14)9-5-4-8(16(18)19)6-7(9)2-1-3-10(15)17/h4-6H,3H2,(H2,15,17). The topological polar surface area (TPSA) is 86.2 Å². The molecule has 0 atom stereocenters. The fraction of sp³-hybridized carbons (Fsp3) is 0.182. The Kier molecular flexibility index (Phi) is 4.11. The van der Waals surface area contributed by atoms with E-state index >= 15 is 0 Å². The zero-order chi connectivity index (χ0) is 14.6. The molecule has 0 fully saturated rings. The van der Waals surface area contributed by atoms with E-state index in [4.69, 9.17) is 5.73 Å². The molecular formula is C11H7F3N2O3. The van der Waals surface area contributed by atoms with Gasteiger partial charge in [-0.2, -0.15) is 13.2 Å². The number of amides is 1. The van der Waals surface area contributed by atoms with Crippen molar-refractivity contribution in [2.24, 2.45) is 5.73 Å². The predicted octanol–water partition coefficient (Wildman–Crippen LogP) is 1.84. The highest BCUT2D eigenvalue weighted by Crippen LogP contribution is 2.33. The van der Waals surface area contributed by atoms with Gasteiger partial charge in [-0.25, -0.2) is 0 Å². The second-order valence-electron chi connectivity index (χ2n) is 3.43. The van der Waals surface area contributed by atoms with Crippen molar-refractivity contribution in [3.63, 3.8) is 0 Å². The van der Waals surface area contributed by atoms with Crippen LogP contribution < -0.4 is 5.73 Å². The maximum atomic E-state index is 12.6. The predicted molar refractivity (Wildman–Crippen MR) is 58.8 cm³/mol. The number of nitrogens with zero attached hydrogens (tertiary/aromatic N) is 1. The summed E-state index contributed by atoms with van der Waals surface area (Å²) in [4.78, 5) is 20.1. The first kappa shape index (κ1) is 14.5. The maximum absolute atomic E-state index is 12.6. The van der Waals surface area contributed by atoms with E-state index in [2.05, 4.69) is 11.8 Å². The van der Waals surface area contributed by atoms with E-state index in [9.17, 15) is 28.1 Å². The van der Waals surface area contributed by atoms with Gasteiger partial charge in [0.2, 0.25) is 5.91 Å². The van der Waals surface area contributed by atoms with Gasteiger partial charge in [-0.05, 0) is 6.07 Å².